The molecule has 4 rings (SSSR count). The van der Waals surface area contributed by atoms with Crippen LogP contribution in [-0.4, -0.2) is 20.4 Å². The van der Waals surface area contributed by atoms with Crippen molar-refractivity contribution in [3.8, 4) is 0 Å². The normalized spacial score (nSPS) is 11.9. The van der Waals surface area contributed by atoms with E-state index in [0.717, 1.165) is 11.1 Å². The number of benzene rings is 1. The average molecular weight is 393 g/mol. The molecule has 140 valence electrons. The second kappa shape index (κ2) is 8.10. The first-order valence-electron chi connectivity index (χ1n) is 8.70. The molecule has 0 radical (unpaired) electrons. The van der Waals surface area contributed by atoms with Crippen LogP contribution in [-0.2, 0) is 6.54 Å². The summed E-state index contributed by atoms with van der Waals surface area (Å²) in [6, 6.07) is 14.2. The van der Waals surface area contributed by atoms with Crippen LogP contribution < -0.4 is 5.32 Å². The molecule has 0 aliphatic rings. The summed E-state index contributed by atoms with van der Waals surface area (Å²) >= 11 is 6.00. The lowest BCUT2D eigenvalue weighted by molar-refractivity contribution is 0.0913. The van der Waals surface area contributed by atoms with E-state index >= 15 is 0 Å². The van der Waals surface area contributed by atoms with Crippen molar-refractivity contribution in [2.75, 3.05) is 0 Å². The number of aromatic nitrogens is 3. The molecule has 1 N–H and O–H groups in total. The van der Waals surface area contributed by atoms with E-state index in [1.807, 2.05) is 35.0 Å². The maximum atomic E-state index is 12.8. The van der Waals surface area contributed by atoms with Gasteiger partial charge in [-0.2, -0.15) is 0 Å². The third-order valence-electron chi connectivity index (χ3n) is 4.28. The van der Waals surface area contributed by atoms with Crippen LogP contribution in [0.15, 0.2) is 84.1 Å². The van der Waals surface area contributed by atoms with Gasteiger partial charge < -0.3 is 14.3 Å². The van der Waals surface area contributed by atoms with E-state index < -0.39 is 0 Å². The number of hydrogen-bond acceptors (Lipinski definition) is 4. The Morgan fingerprint density at radius 3 is 2.64 bits per heavy atom. The Balaban J connectivity index is 1.55. The van der Waals surface area contributed by atoms with Gasteiger partial charge in [-0.15, -0.1) is 0 Å². The summed E-state index contributed by atoms with van der Waals surface area (Å²) in [5.74, 6) is 0.617. The van der Waals surface area contributed by atoms with Crippen molar-refractivity contribution in [3.63, 3.8) is 0 Å². The molecule has 0 saturated heterocycles. The van der Waals surface area contributed by atoms with Gasteiger partial charge in [0.15, 0.2) is 5.76 Å². The average Bonchev–Trinajstić information content (AvgIpc) is 3.40. The standard InChI is InChI=1S/C21H17ClN4O2/c22-17-5-3-15(4-6-17)20(16-2-1-9-23-12-16)25-21(27)19-8-7-18(28-19)13-26-11-10-24-14-26/h1-12,14,20H,13H2,(H,25,27)/t20-/m0/s1. The fourth-order valence-electron chi connectivity index (χ4n) is 2.91. The highest BCUT2D eigenvalue weighted by atomic mass is 35.5. The van der Waals surface area contributed by atoms with E-state index in [1.165, 1.54) is 0 Å². The fraction of sp³-hybridized carbons (Fsp3) is 0.0952. The zero-order valence-corrected chi connectivity index (χ0v) is 15.6. The third kappa shape index (κ3) is 4.13. The van der Waals surface area contributed by atoms with Crippen LogP contribution in [0, 0.1) is 0 Å². The number of rotatable bonds is 6. The van der Waals surface area contributed by atoms with E-state index in [0.29, 0.717) is 17.3 Å². The number of hydrogen-bond donors (Lipinski definition) is 1. The molecule has 0 bridgehead atoms. The third-order valence-corrected chi connectivity index (χ3v) is 4.53. The van der Waals surface area contributed by atoms with Gasteiger partial charge in [0.25, 0.3) is 5.91 Å². The van der Waals surface area contributed by atoms with Crippen molar-refractivity contribution in [2.24, 2.45) is 0 Å². The monoisotopic (exact) mass is 392 g/mol. The first-order valence-corrected chi connectivity index (χ1v) is 9.07. The molecule has 6 nitrogen and oxygen atoms in total. The molecule has 4 aromatic rings. The Hall–Kier alpha value is -3.38. The van der Waals surface area contributed by atoms with Gasteiger partial charge in [0.1, 0.15) is 5.76 Å². The summed E-state index contributed by atoms with van der Waals surface area (Å²) in [7, 11) is 0. The van der Waals surface area contributed by atoms with Crippen molar-refractivity contribution in [3.05, 3.63) is 107 Å². The van der Waals surface area contributed by atoms with Crippen LogP contribution in [0.1, 0.15) is 33.5 Å². The second-order valence-electron chi connectivity index (χ2n) is 6.25. The van der Waals surface area contributed by atoms with E-state index in [1.54, 1.807) is 49.2 Å². The molecule has 3 heterocycles. The number of carbonyl (C=O) groups is 1. The van der Waals surface area contributed by atoms with Crippen molar-refractivity contribution in [2.45, 2.75) is 12.6 Å². The lowest BCUT2D eigenvalue weighted by atomic mass is 10.00. The number of furan rings is 1. The minimum Gasteiger partial charge on any atom is -0.454 e. The first-order chi connectivity index (χ1) is 13.7. The quantitative estimate of drug-likeness (QED) is 0.536. The van der Waals surface area contributed by atoms with E-state index in [-0.39, 0.29) is 17.7 Å². The summed E-state index contributed by atoms with van der Waals surface area (Å²) in [6.45, 7) is 0.510. The van der Waals surface area contributed by atoms with Crippen molar-refractivity contribution >= 4 is 17.5 Å². The zero-order valence-electron chi connectivity index (χ0n) is 14.8. The van der Waals surface area contributed by atoms with Gasteiger partial charge in [-0.05, 0) is 41.5 Å². The fourth-order valence-corrected chi connectivity index (χ4v) is 3.03. The predicted octanol–water partition coefficient (Wildman–Crippen LogP) is 4.09. The van der Waals surface area contributed by atoms with Crippen LogP contribution in [0.5, 0.6) is 0 Å². The van der Waals surface area contributed by atoms with Crippen LogP contribution in [0.2, 0.25) is 5.02 Å². The summed E-state index contributed by atoms with van der Waals surface area (Å²) in [4.78, 5) is 21.0. The predicted molar refractivity (Wildman–Crippen MR) is 105 cm³/mol. The largest absolute Gasteiger partial charge is 0.454 e. The van der Waals surface area contributed by atoms with Gasteiger partial charge in [-0.1, -0.05) is 29.8 Å². The Morgan fingerprint density at radius 1 is 1.07 bits per heavy atom. The van der Waals surface area contributed by atoms with Gasteiger partial charge in [-0.3, -0.25) is 9.78 Å². The highest BCUT2D eigenvalue weighted by Gasteiger charge is 2.20. The minimum absolute atomic E-state index is 0.248. The second-order valence-corrected chi connectivity index (χ2v) is 6.68. The molecule has 0 spiro atoms. The molecule has 0 aliphatic carbocycles. The molecular weight excluding hydrogens is 376 g/mol. The Kier molecular flexibility index (Phi) is 5.21. The highest BCUT2D eigenvalue weighted by Crippen LogP contribution is 2.24. The molecule has 1 aromatic carbocycles. The molecule has 3 aromatic heterocycles. The molecule has 1 atom stereocenters. The lowest BCUT2D eigenvalue weighted by Crippen LogP contribution is -2.29. The summed E-state index contributed by atoms with van der Waals surface area (Å²) in [6.07, 6.45) is 8.65. The smallest absolute Gasteiger partial charge is 0.287 e. The molecular formula is C21H17ClN4O2. The number of halogens is 1. The van der Waals surface area contributed by atoms with Gasteiger partial charge in [-0.25, -0.2) is 4.98 Å². The highest BCUT2D eigenvalue weighted by molar-refractivity contribution is 6.30. The van der Waals surface area contributed by atoms with Crippen LogP contribution >= 0.6 is 11.6 Å². The molecule has 0 unspecified atom stereocenters. The van der Waals surface area contributed by atoms with E-state index in [4.69, 9.17) is 16.0 Å². The number of pyridine rings is 1. The van der Waals surface area contributed by atoms with Crippen molar-refractivity contribution in [1.29, 1.82) is 0 Å². The first kappa shape index (κ1) is 18.0. The lowest BCUT2D eigenvalue weighted by Gasteiger charge is -2.19. The minimum atomic E-state index is -0.374. The molecule has 1 amide bonds. The van der Waals surface area contributed by atoms with Gasteiger partial charge in [0.2, 0.25) is 0 Å². The maximum absolute atomic E-state index is 12.8. The van der Waals surface area contributed by atoms with Crippen molar-refractivity contribution in [1.82, 2.24) is 19.9 Å². The van der Waals surface area contributed by atoms with E-state index in [9.17, 15) is 4.79 Å². The topological polar surface area (TPSA) is 73.0 Å². The van der Waals surface area contributed by atoms with Crippen LogP contribution in [0.25, 0.3) is 0 Å². The van der Waals surface area contributed by atoms with Crippen LogP contribution in [0.4, 0.5) is 0 Å². The Labute approximate surface area is 166 Å². The van der Waals surface area contributed by atoms with Gasteiger partial charge in [0, 0.05) is 29.8 Å². The number of carbonyl (C=O) groups excluding carboxylic acids is 1. The molecule has 0 fully saturated rings. The van der Waals surface area contributed by atoms with Crippen molar-refractivity contribution < 1.29 is 9.21 Å². The Bertz CT molecular complexity index is 1040. The van der Waals surface area contributed by atoms with E-state index in [2.05, 4.69) is 15.3 Å². The van der Waals surface area contributed by atoms with Gasteiger partial charge >= 0.3 is 0 Å². The molecule has 28 heavy (non-hydrogen) atoms. The van der Waals surface area contributed by atoms with Gasteiger partial charge in [0.05, 0.1) is 18.9 Å². The number of nitrogens with zero attached hydrogens (tertiary/aromatic N) is 3. The molecule has 0 saturated carbocycles. The number of imidazole rings is 1. The van der Waals surface area contributed by atoms with Crippen LogP contribution in [0.3, 0.4) is 0 Å². The number of nitrogens with one attached hydrogen (secondary N) is 1. The number of amides is 1. The molecule has 7 heteroatoms. The summed E-state index contributed by atoms with van der Waals surface area (Å²) < 4.78 is 7.58. The molecule has 0 aliphatic heterocycles. The maximum Gasteiger partial charge on any atom is 0.287 e. The summed E-state index contributed by atoms with van der Waals surface area (Å²) in [5, 5.41) is 3.66. The SMILES string of the molecule is O=C(N[C@@H](c1ccc(Cl)cc1)c1cccnc1)c1ccc(Cn2ccnc2)o1. The Morgan fingerprint density at radius 2 is 1.93 bits per heavy atom. The summed E-state index contributed by atoms with van der Waals surface area (Å²) in [5.41, 5.74) is 1.76. The zero-order chi connectivity index (χ0) is 19.3.